The van der Waals surface area contributed by atoms with E-state index in [9.17, 15) is 19.6 Å². The smallest absolute Gasteiger partial charge is 0.339 e. The van der Waals surface area contributed by atoms with Crippen LogP contribution in [0.1, 0.15) is 63.2 Å². The monoisotopic (exact) mass is 461 g/mol. The molecule has 176 valence electrons. The van der Waals surface area contributed by atoms with E-state index in [1.807, 2.05) is 19.1 Å². The minimum atomic E-state index is -0.642. The van der Waals surface area contributed by atoms with E-state index in [0.29, 0.717) is 0 Å². The van der Waals surface area contributed by atoms with Crippen LogP contribution in [-0.4, -0.2) is 32.1 Å². The fourth-order valence-corrected chi connectivity index (χ4v) is 3.88. The van der Waals surface area contributed by atoms with E-state index >= 15 is 0 Å². The molecule has 2 aromatic carbocycles. The van der Waals surface area contributed by atoms with E-state index in [-0.39, 0.29) is 28.4 Å². The molecule has 1 aliphatic rings. The summed E-state index contributed by atoms with van der Waals surface area (Å²) < 4.78 is 9.47. The van der Waals surface area contributed by atoms with Crippen molar-refractivity contribution in [3.8, 4) is 6.07 Å². The second-order valence-corrected chi connectivity index (χ2v) is 7.99. The Labute approximate surface area is 198 Å². The van der Waals surface area contributed by atoms with Gasteiger partial charge in [0.05, 0.1) is 37.1 Å². The van der Waals surface area contributed by atoms with Gasteiger partial charge in [-0.05, 0) is 67.5 Å². The first kappa shape index (κ1) is 24.5. The maximum Gasteiger partial charge on any atom is 0.339 e. The minimum absolute atomic E-state index is 0.131. The highest BCUT2D eigenvalue weighted by Crippen LogP contribution is 2.25. The number of esters is 2. The number of amides is 1. The van der Waals surface area contributed by atoms with Gasteiger partial charge in [-0.25, -0.2) is 9.59 Å². The topological polar surface area (TPSA) is 118 Å². The molecule has 3 rings (SSSR count). The third-order valence-electron chi connectivity index (χ3n) is 5.80. The highest BCUT2D eigenvalue weighted by Gasteiger charge is 2.18. The Morgan fingerprint density at radius 1 is 1.00 bits per heavy atom. The Bertz CT molecular complexity index is 1180. The molecule has 0 fully saturated rings. The van der Waals surface area contributed by atoms with Crippen molar-refractivity contribution in [2.45, 2.75) is 38.6 Å². The maximum atomic E-state index is 12.8. The summed E-state index contributed by atoms with van der Waals surface area (Å²) in [6.45, 7) is 1.86. The molecule has 0 saturated carbocycles. The number of nitriles is 1. The van der Waals surface area contributed by atoms with Gasteiger partial charge in [0.1, 0.15) is 11.6 Å². The summed E-state index contributed by atoms with van der Waals surface area (Å²) in [4.78, 5) is 36.7. The van der Waals surface area contributed by atoms with Gasteiger partial charge in [0.2, 0.25) is 0 Å². The molecular weight excluding hydrogens is 434 g/mol. The van der Waals surface area contributed by atoms with Crippen molar-refractivity contribution in [3.63, 3.8) is 0 Å². The number of benzene rings is 2. The van der Waals surface area contributed by atoms with Crippen LogP contribution in [0, 0.1) is 11.3 Å². The Morgan fingerprint density at radius 3 is 2.38 bits per heavy atom. The van der Waals surface area contributed by atoms with Gasteiger partial charge in [-0.2, -0.15) is 5.26 Å². The molecule has 0 radical (unpaired) electrons. The summed E-state index contributed by atoms with van der Waals surface area (Å²) in [6.07, 6.45) is 5.66. The number of nitrogens with zero attached hydrogens (tertiary/aromatic N) is 1. The van der Waals surface area contributed by atoms with Crippen LogP contribution in [0.15, 0.2) is 48.2 Å². The molecule has 34 heavy (non-hydrogen) atoms. The molecule has 0 saturated heterocycles. The van der Waals surface area contributed by atoms with E-state index < -0.39 is 17.8 Å². The van der Waals surface area contributed by atoms with Crippen LogP contribution in [0.2, 0.25) is 0 Å². The average molecular weight is 462 g/mol. The fourth-order valence-electron chi connectivity index (χ4n) is 3.88. The molecular formula is C26H27N3O5. The Kier molecular flexibility index (Phi) is 8.04. The third kappa shape index (κ3) is 5.62. The number of fused-ring (bicyclic) bond motifs is 1. The molecule has 0 spiro atoms. The summed E-state index contributed by atoms with van der Waals surface area (Å²) in [5, 5.41) is 15.2. The number of hydrogen-bond acceptors (Lipinski definition) is 7. The summed E-state index contributed by atoms with van der Waals surface area (Å²) >= 11 is 0. The molecule has 2 aromatic rings. The lowest BCUT2D eigenvalue weighted by atomic mass is 9.89. The van der Waals surface area contributed by atoms with Crippen molar-refractivity contribution < 1.29 is 23.9 Å². The van der Waals surface area contributed by atoms with Crippen LogP contribution in [0.5, 0.6) is 0 Å². The molecule has 0 aromatic heterocycles. The van der Waals surface area contributed by atoms with Crippen LogP contribution < -0.4 is 10.6 Å². The minimum Gasteiger partial charge on any atom is -0.465 e. The zero-order valence-corrected chi connectivity index (χ0v) is 19.4. The number of carbonyl (C=O) groups excluding carboxylic acids is 3. The highest BCUT2D eigenvalue weighted by atomic mass is 16.5. The molecule has 8 heteroatoms. The van der Waals surface area contributed by atoms with Gasteiger partial charge in [-0.3, -0.25) is 4.79 Å². The Hall–Kier alpha value is -4.12. The summed E-state index contributed by atoms with van der Waals surface area (Å²) in [7, 11) is 2.47. The van der Waals surface area contributed by atoms with Crippen LogP contribution in [0.4, 0.5) is 5.69 Å². The molecule has 1 atom stereocenters. The van der Waals surface area contributed by atoms with E-state index in [2.05, 4.69) is 22.8 Å². The second-order valence-electron chi connectivity index (χ2n) is 7.99. The predicted molar refractivity (Wildman–Crippen MR) is 126 cm³/mol. The summed E-state index contributed by atoms with van der Waals surface area (Å²) in [5.74, 6) is -1.80. The number of nitrogens with one attached hydrogen (secondary N) is 2. The lowest BCUT2D eigenvalue weighted by Gasteiger charge is -2.20. The quantitative estimate of drug-likeness (QED) is 0.365. The lowest BCUT2D eigenvalue weighted by molar-refractivity contribution is -0.117. The second kappa shape index (κ2) is 11.1. The van der Waals surface area contributed by atoms with Gasteiger partial charge in [0.25, 0.3) is 5.91 Å². The SMILES string of the molecule is COC(=O)c1ccc(C(=O)OC)c(N/C=C(/C#N)C(=O)NC(C)c2ccc3c(c2)CCCC3)c1. The van der Waals surface area contributed by atoms with Crippen LogP contribution in [-0.2, 0) is 27.1 Å². The molecule has 1 amide bonds. The zero-order chi connectivity index (χ0) is 24.7. The fraction of sp³-hybridized carbons (Fsp3) is 0.308. The number of rotatable bonds is 7. The van der Waals surface area contributed by atoms with Gasteiger partial charge < -0.3 is 20.1 Å². The van der Waals surface area contributed by atoms with Crippen molar-refractivity contribution in [1.82, 2.24) is 5.32 Å². The average Bonchev–Trinajstić information content (AvgIpc) is 2.87. The first-order valence-corrected chi connectivity index (χ1v) is 11.0. The van der Waals surface area contributed by atoms with Crippen LogP contribution in [0.25, 0.3) is 0 Å². The van der Waals surface area contributed by atoms with Crippen molar-refractivity contribution in [2.24, 2.45) is 0 Å². The summed E-state index contributed by atoms with van der Waals surface area (Å²) in [6, 6.07) is 12.0. The van der Waals surface area contributed by atoms with Crippen molar-refractivity contribution in [3.05, 3.63) is 76.0 Å². The molecule has 0 heterocycles. The van der Waals surface area contributed by atoms with Crippen molar-refractivity contribution >= 4 is 23.5 Å². The van der Waals surface area contributed by atoms with Crippen LogP contribution in [0.3, 0.4) is 0 Å². The molecule has 0 bridgehead atoms. The largest absolute Gasteiger partial charge is 0.465 e. The van der Waals surface area contributed by atoms with Gasteiger partial charge in [0.15, 0.2) is 0 Å². The first-order valence-electron chi connectivity index (χ1n) is 11.0. The Morgan fingerprint density at radius 2 is 1.71 bits per heavy atom. The van der Waals surface area contributed by atoms with Gasteiger partial charge >= 0.3 is 11.9 Å². The van der Waals surface area contributed by atoms with E-state index in [4.69, 9.17) is 9.47 Å². The first-order chi connectivity index (χ1) is 16.4. The maximum absolute atomic E-state index is 12.8. The van der Waals surface area contributed by atoms with E-state index in [1.54, 1.807) is 0 Å². The number of ether oxygens (including phenoxy) is 2. The summed E-state index contributed by atoms with van der Waals surface area (Å²) in [5.41, 5.74) is 3.95. The van der Waals surface area contributed by atoms with Crippen LogP contribution >= 0.6 is 0 Å². The molecule has 2 N–H and O–H groups in total. The van der Waals surface area contributed by atoms with E-state index in [1.165, 1.54) is 56.2 Å². The van der Waals surface area contributed by atoms with Gasteiger partial charge in [-0.1, -0.05) is 18.2 Å². The molecule has 0 aliphatic heterocycles. The normalized spacial score (nSPS) is 13.6. The number of hydrogen-bond donors (Lipinski definition) is 2. The molecule has 1 aliphatic carbocycles. The molecule has 8 nitrogen and oxygen atoms in total. The Balaban J connectivity index is 1.78. The number of anilines is 1. The van der Waals surface area contributed by atoms with E-state index in [0.717, 1.165) is 24.8 Å². The number of methoxy groups -OCH3 is 2. The van der Waals surface area contributed by atoms with Gasteiger partial charge in [-0.15, -0.1) is 0 Å². The third-order valence-corrected chi connectivity index (χ3v) is 5.80. The lowest BCUT2D eigenvalue weighted by Crippen LogP contribution is -2.28. The number of carbonyl (C=O) groups is 3. The standard InChI is InChI=1S/C26H27N3O5/c1-16(18-9-8-17-6-4-5-7-19(17)12-18)29-24(30)21(14-27)15-28-23-13-20(25(31)33-2)10-11-22(23)26(32)34-3/h8-13,15-16,28H,4-7H2,1-3H3,(H,29,30)/b21-15-. The van der Waals surface area contributed by atoms with Crippen molar-refractivity contribution in [1.29, 1.82) is 5.26 Å². The molecule has 1 unspecified atom stereocenters. The predicted octanol–water partition coefficient (Wildman–Crippen LogP) is 3.84. The van der Waals surface area contributed by atoms with Gasteiger partial charge in [0, 0.05) is 6.20 Å². The van der Waals surface area contributed by atoms with Crippen molar-refractivity contribution in [2.75, 3.05) is 19.5 Å². The number of aryl methyl sites for hydroxylation is 2. The zero-order valence-electron chi connectivity index (χ0n) is 19.4. The highest BCUT2D eigenvalue weighted by molar-refractivity contribution is 6.00.